The number of aliphatic hydroxyl groups excluding tert-OH is 1. The maximum Gasteiger partial charge on any atom is 0.275 e. The van der Waals surface area contributed by atoms with E-state index in [1.54, 1.807) is 12.4 Å². The van der Waals surface area contributed by atoms with Crippen molar-refractivity contribution in [2.45, 2.75) is 49.8 Å². The van der Waals surface area contributed by atoms with Crippen molar-refractivity contribution in [3.63, 3.8) is 0 Å². The summed E-state index contributed by atoms with van der Waals surface area (Å²) in [6, 6.07) is 7.61. The minimum Gasteiger partial charge on any atom is -0.391 e. The molecule has 1 aliphatic carbocycles. The number of benzene rings is 1. The molecule has 0 radical (unpaired) electrons. The predicted octanol–water partition coefficient (Wildman–Crippen LogP) is 1.76. The van der Waals surface area contributed by atoms with Gasteiger partial charge in [0, 0.05) is 18.5 Å². The highest BCUT2D eigenvalue weighted by atomic mass is 32.1. The van der Waals surface area contributed by atoms with Gasteiger partial charge in [0.05, 0.1) is 23.5 Å². The molecule has 0 spiro atoms. The third-order valence-corrected chi connectivity index (χ3v) is 7.36. The van der Waals surface area contributed by atoms with Crippen LogP contribution in [0.25, 0.3) is 0 Å². The number of hydrogen-bond acceptors (Lipinski definition) is 8. The van der Waals surface area contributed by atoms with Crippen LogP contribution in [-0.4, -0.2) is 59.7 Å². The first kappa shape index (κ1) is 22.5. The summed E-state index contributed by atoms with van der Waals surface area (Å²) >= 11 is 1.36. The first-order valence-electron chi connectivity index (χ1n) is 11.0. The van der Waals surface area contributed by atoms with Gasteiger partial charge in [0.1, 0.15) is 11.2 Å². The Hall–Kier alpha value is -2.69. The number of carbonyl (C=O) groups excluding carboxylic acids is 2. The van der Waals surface area contributed by atoms with Crippen molar-refractivity contribution in [3.05, 3.63) is 35.3 Å². The molecule has 172 valence electrons. The first-order chi connectivity index (χ1) is 15.4. The van der Waals surface area contributed by atoms with Gasteiger partial charge in [-0.05, 0) is 51.3 Å². The molecule has 1 saturated carbocycles. The van der Waals surface area contributed by atoms with Crippen LogP contribution in [0.2, 0.25) is 0 Å². The molecule has 2 fully saturated rings. The molecule has 10 heteroatoms. The van der Waals surface area contributed by atoms with Gasteiger partial charge in [-0.3, -0.25) is 9.59 Å². The number of piperidine rings is 1. The quantitative estimate of drug-likeness (QED) is 0.427. The number of likely N-dealkylation sites (N-methyl/N-ethyl adjacent to an activating group) is 1. The number of nitrogens with two attached hydrogens (primary N) is 1. The average Bonchev–Trinajstić information content (AvgIpc) is 3.43. The van der Waals surface area contributed by atoms with Crippen LogP contribution >= 0.6 is 11.3 Å². The zero-order valence-electron chi connectivity index (χ0n) is 18.1. The summed E-state index contributed by atoms with van der Waals surface area (Å²) in [6.07, 6.45) is 3.49. The third-order valence-electron chi connectivity index (χ3n) is 6.59. The van der Waals surface area contributed by atoms with Crippen LogP contribution in [0.4, 0.5) is 16.5 Å². The van der Waals surface area contributed by atoms with Crippen molar-refractivity contribution in [1.29, 1.82) is 0 Å². The van der Waals surface area contributed by atoms with Crippen LogP contribution in [-0.2, 0) is 4.79 Å². The molecule has 1 aromatic carbocycles. The molecule has 0 bridgehead atoms. The topological polar surface area (TPSA) is 133 Å². The number of aliphatic hydroxyl groups is 1. The summed E-state index contributed by atoms with van der Waals surface area (Å²) in [6.45, 7) is 1.29. The van der Waals surface area contributed by atoms with Crippen molar-refractivity contribution >= 4 is 39.7 Å². The highest BCUT2D eigenvalue weighted by molar-refractivity contribution is 7.13. The Labute approximate surface area is 191 Å². The van der Waals surface area contributed by atoms with Crippen molar-refractivity contribution in [2.75, 3.05) is 35.7 Å². The number of amides is 2. The van der Waals surface area contributed by atoms with E-state index in [9.17, 15) is 14.7 Å². The van der Waals surface area contributed by atoms with E-state index < -0.39 is 5.54 Å². The number of rotatable bonds is 7. The van der Waals surface area contributed by atoms with E-state index in [1.165, 1.54) is 11.3 Å². The Kier molecular flexibility index (Phi) is 6.63. The van der Waals surface area contributed by atoms with Gasteiger partial charge in [0.2, 0.25) is 5.91 Å². The van der Waals surface area contributed by atoms with Crippen LogP contribution in [0.1, 0.15) is 42.6 Å². The van der Waals surface area contributed by atoms with Gasteiger partial charge < -0.3 is 31.7 Å². The summed E-state index contributed by atoms with van der Waals surface area (Å²) in [5.74, 6) is -0.619. The third kappa shape index (κ3) is 4.57. The van der Waals surface area contributed by atoms with Gasteiger partial charge in [0.25, 0.3) is 5.91 Å². The first-order valence-corrected chi connectivity index (χ1v) is 11.8. The van der Waals surface area contributed by atoms with E-state index in [2.05, 4.69) is 25.8 Å². The van der Waals surface area contributed by atoms with Gasteiger partial charge in [0.15, 0.2) is 5.13 Å². The molecule has 2 aliphatic rings. The van der Waals surface area contributed by atoms with E-state index in [0.717, 1.165) is 24.9 Å². The number of aromatic nitrogens is 1. The van der Waals surface area contributed by atoms with Crippen molar-refractivity contribution in [3.8, 4) is 0 Å². The number of carbonyl (C=O) groups is 2. The fraction of sp³-hybridized carbons (Fsp3) is 0.500. The number of para-hydroxylation sites is 2. The molecule has 1 aliphatic heterocycles. The van der Waals surface area contributed by atoms with Crippen molar-refractivity contribution in [2.24, 2.45) is 5.73 Å². The van der Waals surface area contributed by atoms with Gasteiger partial charge in [-0.2, -0.15) is 0 Å². The van der Waals surface area contributed by atoms with Crippen LogP contribution < -0.4 is 26.6 Å². The maximum atomic E-state index is 12.9. The SMILES string of the molecule is CNC1(C(N)=O)CCN(c2ccccc2NC(=O)c2csc(N[C@@H]3CCC[C@H]3O)n2)CC1. The van der Waals surface area contributed by atoms with E-state index >= 15 is 0 Å². The minimum atomic E-state index is -0.689. The predicted molar refractivity (Wildman–Crippen MR) is 126 cm³/mol. The molecule has 9 nitrogen and oxygen atoms in total. The minimum absolute atomic E-state index is 0.0120. The van der Waals surface area contributed by atoms with Gasteiger partial charge in [-0.25, -0.2) is 4.98 Å². The second kappa shape index (κ2) is 9.43. The molecule has 0 unspecified atom stereocenters. The Morgan fingerprint density at radius 1 is 1.25 bits per heavy atom. The van der Waals surface area contributed by atoms with Crippen molar-refractivity contribution < 1.29 is 14.7 Å². The van der Waals surface area contributed by atoms with Crippen LogP contribution in [0.15, 0.2) is 29.6 Å². The highest BCUT2D eigenvalue weighted by Gasteiger charge is 2.38. The summed E-state index contributed by atoms with van der Waals surface area (Å²) in [5, 5.41) is 21.7. The van der Waals surface area contributed by atoms with Crippen LogP contribution in [0, 0.1) is 0 Å². The van der Waals surface area contributed by atoms with Gasteiger partial charge in [-0.15, -0.1) is 11.3 Å². The second-order valence-electron chi connectivity index (χ2n) is 8.44. The zero-order chi connectivity index (χ0) is 22.7. The Balaban J connectivity index is 1.42. The lowest BCUT2D eigenvalue weighted by atomic mass is 9.86. The molecule has 4 rings (SSSR count). The lowest BCUT2D eigenvalue weighted by Crippen LogP contribution is -2.59. The van der Waals surface area contributed by atoms with E-state index in [0.29, 0.717) is 42.4 Å². The van der Waals surface area contributed by atoms with Gasteiger partial charge in [-0.1, -0.05) is 12.1 Å². The molecular weight excluding hydrogens is 428 g/mol. The smallest absolute Gasteiger partial charge is 0.275 e. The summed E-state index contributed by atoms with van der Waals surface area (Å²) < 4.78 is 0. The number of hydrogen-bond donors (Lipinski definition) is 5. The zero-order valence-corrected chi connectivity index (χ0v) is 19.0. The standard InChI is InChI=1S/C22H30N6O3S/c1-24-22(20(23)31)9-11-28(12-10-22)17-7-3-2-5-14(17)25-19(30)16-13-32-21(27-16)26-15-6-4-8-18(15)29/h2-3,5,7,13,15,18,24,29H,4,6,8-12H2,1H3,(H2,23,31)(H,25,30)(H,26,27)/t15-,18-/m1/s1. The fourth-order valence-electron chi connectivity index (χ4n) is 4.50. The molecule has 2 atom stereocenters. The van der Waals surface area contributed by atoms with E-state index in [4.69, 9.17) is 5.73 Å². The van der Waals surface area contributed by atoms with Crippen LogP contribution in [0.5, 0.6) is 0 Å². The van der Waals surface area contributed by atoms with Crippen LogP contribution in [0.3, 0.4) is 0 Å². The van der Waals surface area contributed by atoms with E-state index in [1.807, 2.05) is 24.3 Å². The fourth-order valence-corrected chi connectivity index (χ4v) is 5.26. The summed E-state index contributed by atoms with van der Waals surface area (Å²) in [7, 11) is 1.76. The Morgan fingerprint density at radius 3 is 2.66 bits per heavy atom. The maximum absolute atomic E-state index is 12.9. The number of nitrogens with one attached hydrogen (secondary N) is 3. The molecule has 2 heterocycles. The monoisotopic (exact) mass is 458 g/mol. The molecule has 1 aromatic heterocycles. The molecule has 6 N–H and O–H groups in total. The molecule has 2 amide bonds. The molecular formula is C22H30N6O3S. The number of thiazole rings is 1. The Bertz CT molecular complexity index is 972. The highest BCUT2D eigenvalue weighted by Crippen LogP contribution is 2.32. The Morgan fingerprint density at radius 2 is 2.00 bits per heavy atom. The lowest BCUT2D eigenvalue weighted by Gasteiger charge is -2.41. The second-order valence-corrected chi connectivity index (χ2v) is 9.30. The van der Waals surface area contributed by atoms with E-state index in [-0.39, 0.29) is 24.0 Å². The summed E-state index contributed by atoms with van der Waals surface area (Å²) in [5.41, 5.74) is 6.86. The average molecular weight is 459 g/mol. The lowest BCUT2D eigenvalue weighted by molar-refractivity contribution is -0.125. The van der Waals surface area contributed by atoms with Gasteiger partial charge >= 0.3 is 0 Å². The van der Waals surface area contributed by atoms with Crippen molar-refractivity contribution in [1.82, 2.24) is 10.3 Å². The summed E-state index contributed by atoms with van der Waals surface area (Å²) in [4.78, 5) is 31.3. The number of nitrogens with zero attached hydrogens (tertiary/aromatic N) is 2. The molecule has 2 aromatic rings. The number of anilines is 3. The molecule has 32 heavy (non-hydrogen) atoms. The number of primary amides is 1. The largest absolute Gasteiger partial charge is 0.391 e. The molecule has 1 saturated heterocycles. The normalized spacial score (nSPS) is 22.5.